The SMILES string of the molecule is O=[N+]([O-])c1ccccc1[C@H]1SCC(O)[C@@H]1[N+](=O)[O-]. The summed E-state index contributed by atoms with van der Waals surface area (Å²) >= 11 is 1.18. The molecule has 7 nitrogen and oxygen atoms in total. The molecule has 1 aliphatic rings. The Bertz CT molecular complexity index is 495. The molecule has 1 fully saturated rings. The molecule has 18 heavy (non-hydrogen) atoms. The number of nitro groups is 2. The van der Waals surface area contributed by atoms with Crippen LogP contribution in [0.15, 0.2) is 24.3 Å². The number of nitrogens with zero attached hydrogens (tertiary/aromatic N) is 2. The van der Waals surface area contributed by atoms with Gasteiger partial charge in [0.15, 0.2) is 0 Å². The maximum Gasteiger partial charge on any atom is 0.273 e. The van der Waals surface area contributed by atoms with Crippen LogP contribution in [0.1, 0.15) is 10.8 Å². The topological polar surface area (TPSA) is 107 Å². The molecule has 8 heteroatoms. The van der Waals surface area contributed by atoms with E-state index in [0.29, 0.717) is 5.56 Å². The third kappa shape index (κ3) is 2.16. The highest BCUT2D eigenvalue weighted by Crippen LogP contribution is 2.44. The second kappa shape index (κ2) is 4.91. The molecule has 3 atom stereocenters. The summed E-state index contributed by atoms with van der Waals surface area (Å²) in [5, 5.41) is 30.7. The van der Waals surface area contributed by atoms with Gasteiger partial charge < -0.3 is 5.11 Å². The van der Waals surface area contributed by atoms with Crippen LogP contribution in [0.25, 0.3) is 0 Å². The van der Waals surface area contributed by atoms with E-state index in [-0.39, 0.29) is 11.4 Å². The second-order valence-electron chi connectivity index (χ2n) is 3.91. The van der Waals surface area contributed by atoms with E-state index in [1.54, 1.807) is 6.07 Å². The molecule has 0 aliphatic carbocycles. The first-order chi connectivity index (χ1) is 8.52. The Morgan fingerprint density at radius 2 is 1.94 bits per heavy atom. The Morgan fingerprint density at radius 3 is 2.56 bits per heavy atom. The monoisotopic (exact) mass is 270 g/mol. The van der Waals surface area contributed by atoms with Crippen molar-refractivity contribution >= 4 is 17.4 Å². The minimum Gasteiger partial charge on any atom is -0.385 e. The maximum atomic E-state index is 10.9. The van der Waals surface area contributed by atoms with Crippen molar-refractivity contribution in [3.05, 3.63) is 50.1 Å². The lowest BCUT2D eigenvalue weighted by atomic mass is 10.0. The molecular weight excluding hydrogens is 260 g/mol. The second-order valence-corrected chi connectivity index (χ2v) is 5.09. The molecule has 0 saturated carbocycles. The first-order valence-corrected chi connectivity index (χ1v) is 6.23. The third-order valence-corrected chi connectivity index (χ3v) is 4.26. The molecule has 0 spiro atoms. The van der Waals surface area contributed by atoms with Crippen molar-refractivity contribution in [3.63, 3.8) is 0 Å². The van der Waals surface area contributed by atoms with Crippen LogP contribution in [0.3, 0.4) is 0 Å². The van der Waals surface area contributed by atoms with Gasteiger partial charge >= 0.3 is 0 Å². The van der Waals surface area contributed by atoms with Crippen molar-refractivity contribution < 1.29 is 15.0 Å². The molecule has 0 amide bonds. The Morgan fingerprint density at radius 1 is 1.28 bits per heavy atom. The number of aliphatic hydroxyl groups is 1. The summed E-state index contributed by atoms with van der Waals surface area (Å²) in [4.78, 5) is 20.7. The van der Waals surface area contributed by atoms with Gasteiger partial charge in [0.05, 0.1) is 4.92 Å². The molecule has 0 radical (unpaired) electrons. The summed E-state index contributed by atoms with van der Waals surface area (Å²) in [5.74, 6) is 0.211. The molecule has 1 N–H and O–H groups in total. The van der Waals surface area contributed by atoms with Gasteiger partial charge in [0.25, 0.3) is 11.7 Å². The molecule has 1 saturated heterocycles. The van der Waals surface area contributed by atoms with Crippen LogP contribution >= 0.6 is 11.8 Å². The number of rotatable bonds is 3. The molecule has 2 rings (SSSR count). The highest BCUT2D eigenvalue weighted by Gasteiger charge is 2.47. The summed E-state index contributed by atoms with van der Waals surface area (Å²) in [5.41, 5.74) is 0.154. The van der Waals surface area contributed by atoms with Crippen molar-refractivity contribution in [2.24, 2.45) is 0 Å². The van der Waals surface area contributed by atoms with Gasteiger partial charge in [-0.2, -0.15) is 0 Å². The van der Waals surface area contributed by atoms with Gasteiger partial charge in [-0.25, -0.2) is 0 Å². The van der Waals surface area contributed by atoms with E-state index >= 15 is 0 Å². The standard InChI is InChI=1S/C10H10N2O5S/c13-8-5-18-10(9(8)12(16)17)6-3-1-2-4-7(6)11(14)15/h1-4,8-10,13H,5H2/t8?,9-,10+/m0/s1. The van der Waals surface area contributed by atoms with Crippen LogP contribution in [0.2, 0.25) is 0 Å². The van der Waals surface area contributed by atoms with E-state index in [1.165, 1.54) is 30.0 Å². The summed E-state index contributed by atoms with van der Waals surface area (Å²) in [7, 11) is 0. The fourth-order valence-electron chi connectivity index (χ4n) is 2.02. The zero-order valence-corrected chi connectivity index (χ0v) is 9.95. The molecule has 1 aromatic carbocycles. The lowest BCUT2D eigenvalue weighted by Crippen LogP contribution is -2.33. The predicted molar refractivity (Wildman–Crippen MR) is 65.1 cm³/mol. The average Bonchev–Trinajstić information content (AvgIpc) is 2.71. The van der Waals surface area contributed by atoms with Crippen LogP contribution in [0, 0.1) is 20.2 Å². The Labute approximate surface area is 106 Å². The van der Waals surface area contributed by atoms with E-state index < -0.39 is 27.2 Å². The number of thioether (sulfide) groups is 1. The van der Waals surface area contributed by atoms with Gasteiger partial charge in [0, 0.05) is 22.3 Å². The average molecular weight is 270 g/mol. The molecule has 1 unspecified atom stereocenters. The van der Waals surface area contributed by atoms with Crippen molar-refractivity contribution in [2.75, 3.05) is 5.75 Å². The van der Waals surface area contributed by atoms with E-state index in [2.05, 4.69) is 0 Å². The maximum absolute atomic E-state index is 10.9. The number of nitro benzene ring substituents is 1. The lowest BCUT2D eigenvalue weighted by molar-refractivity contribution is -0.531. The predicted octanol–water partition coefficient (Wildman–Crippen LogP) is 1.39. The number of para-hydroxylation sites is 1. The first kappa shape index (κ1) is 12.8. The highest BCUT2D eigenvalue weighted by atomic mass is 32.2. The van der Waals surface area contributed by atoms with E-state index in [1.807, 2.05) is 0 Å². The van der Waals surface area contributed by atoms with Crippen molar-refractivity contribution in [2.45, 2.75) is 17.4 Å². The number of hydrogen-bond donors (Lipinski definition) is 1. The number of hydrogen-bond acceptors (Lipinski definition) is 6. The fourth-order valence-corrected chi connectivity index (χ4v) is 3.48. The van der Waals surface area contributed by atoms with Gasteiger partial charge in [0.2, 0.25) is 0 Å². The van der Waals surface area contributed by atoms with Crippen LogP contribution < -0.4 is 0 Å². The molecule has 0 aromatic heterocycles. The van der Waals surface area contributed by atoms with Gasteiger partial charge in [0.1, 0.15) is 11.4 Å². The molecule has 1 heterocycles. The first-order valence-electron chi connectivity index (χ1n) is 5.19. The van der Waals surface area contributed by atoms with Crippen molar-refractivity contribution in [1.82, 2.24) is 0 Å². The fraction of sp³-hybridized carbons (Fsp3) is 0.400. The summed E-state index contributed by atoms with van der Waals surface area (Å²) in [6, 6.07) is 4.74. The van der Waals surface area contributed by atoms with Crippen LogP contribution in [0.5, 0.6) is 0 Å². The highest BCUT2D eigenvalue weighted by molar-refractivity contribution is 7.99. The van der Waals surface area contributed by atoms with Gasteiger partial charge in [-0.1, -0.05) is 18.2 Å². The third-order valence-electron chi connectivity index (χ3n) is 2.83. The molecule has 1 aromatic rings. The van der Waals surface area contributed by atoms with E-state index in [0.717, 1.165) is 0 Å². The van der Waals surface area contributed by atoms with Crippen molar-refractivity contribution in [1.29, 1.82) is 0 Å². The summed E-state index contributed by atoms with van der Waals surface area (Å²) in [6.07, 6.45) is -1.07. The van der Waals surface area contributed by atoms with E-state index in [9.17, 15) is 25.3 Å². The Balaban J connectivity index is 2.42. The number of benzene rings is 1. The van der Waals surface area contributed by atoms with Crippen LogP contribution in [-0.4, -0.2) is 32.9 Å². The smallest absolute Gasteiger partial charge is 0.273 e. The zero-order chi connectivity index (χ0) is 13.3. The van der Waals surface area contributed by atoms with Gasteiger partial charge in [-0.15, -0.1) is 11.8 Å². The lowest BCUT2D eigenvalue weighted by Gasteiger charge is -2.14. The van der Waals surface area contributed by atoms with Gasteiger partial charge in [-0.3, -0.25) is 20.2 Å². The van der Waals surface area contributed by atoms with E-state index in [4.69, 9.17) is 0 Å². The largest absolute Gasteiger partial charge is 0.385 e. The normalized spacial score (nSPS) is 27.1. The Kier molecular flexibility index (Phi) is 3.48. The molecule has 0 bridgehead atoms. The van der Waals surface area contributed by atoms with Crippen LogP contribution in [0.4, 0.5) is 5.69 Å². The zero-order valence-electron chi connectivity index (χ0n) is 9.13. The molecular formula is C10H10N2O5S. The van der Waals surface area contributed by atoms with Gasteiger partial charge in [-0.05, 0) is 0 Å². The molecule has 96 valence electrons. The Hall–Kier alpha value is -1.67. The quantitative estimate of drug-likeness (QED) is 0.657. The van der Waals surface area contributed by atoms with Crippen molar-refractivity contribution in [3.8, 4) is 0 Å². The van der Waals surface area contributed by atoms with Crippen LogP contribution in [-0.2, 0) is 0 Å². The minimum atomic E-state index is -1.20. The summed E-state index contributed by atoms with van der Waals surface area (Å²) < 4.78 is 0. The molecule has 1 aliphatic heterocycles. The minimum absolute atomic E-state index is 0.143. The summed E-state index contributed by atoms with van der Waals surface area (Å²) in [6.45, 7) is 0. The number of aliphatic hydroxyl groups excluding tert-OH is 1.